The predicted molar refractivity (Wildman–Crippen MR) is 188 cm³/mol. The summed E-state index contributed by atoms with van der Waals surface area (Å²) in [6.07, 6.45) is 45.8. The quantitative estimate of drug-likeness (QED) is 0.0516. The number of aliphatic hydroxyl groups is 2. The van der Waals surface area contributed by atoms with Crippen LogP contribution in [0.15, 0.2) is 36.5 Å². The summed E-state index contributed by atoms with van der Waals surface area (Å²) < 4.78 is 0. The molecule has 0 saturated carbocycles. The second-order valence-corrected chi connectivity index (χ2v) is 12.6. The third-order valence-electron chi connectivity index (χ3n) is 8.35. The van der Waals surface area contributed by atoms with Crippen LogP contribution in [0.4, 0.5) is 0 Å². The summed E-state index contributed by atoms with van der Waals surface area (Å²) in [6.45, 7) is 4.17. The van der Waals surface area contributed by atoms with Crippen LogP contribution in [0.1, 0.15) is 187 Å². The maximum atomic E-state index is 12.0. The van der Waals surface area contributed by atoms with Crippen LogP contribution in [0.3, 0.4) is 0 Å². The molecular formula is C39H73NO3. The molecule has 0 aliphatic carbocycles. The van der Waals surface area contributed by atoms with Crippen LogP contribution < -0.4 is 5.32 Å². The second-order valence-electron chi connectivity index (χ2n) is 12.6. The highest BCUT2D eigenvalue weighted by molar-refractivity contribution is 5.76. The van der Waals surface area contributed by atoms with E-state index in [1.807, 2.05) is 6.08 Å². The Hall–Kier alpha value is -1.39. The number of nitrogens with one attached hydrogen (secondary N) is 1. The third-order valence-corrected chi connectivity index (χ3v) is 8.35. The molecule has 0 aliphatic rings. The number of amides is 1. The Morgan fingerprint density at radius 2 is 0.907 bits per heavy atom. The zero-order chi connectivity index (χ0) is 31.5. The van der Waals surface area contributed by atoms with Gasteiger partial charge in [0.05, 0.1) is 18.8 Å². The number of rotatable bonds is 33. The zero-order valence-electron chi connectivity index (χ0n) is 28.7. The predicted octanol–water partition coefficient (Wildman–Crippen LogP) is 11.1. The number of allylic oxidation sites excluding steroid dienone is 5. The number of carbonyl (C=O) groups excluding carboxylic acids is 1. The Bertz CT molecular complexity index is 657. The van der Waals surface area contributed by atoms with Gasteiger partial charge < -0.3 is 15.5 Å². The maximum absolute atomic E-state index is 12.0. The Kier molecular flexibility index (Phi) is 34.0. The lowest BCUT2D eigenvalue weighted by molar-refractivity contribution is -0.123. The first-order chi connectivity index (χ1) is 21.2. The molecule has 0 fully saturated rings. The Morgan fingerprint density at radius 3 is 1.35 bits per heavy atom. The molecule has 0 radical (unpaired) electrons. The van der Waals surface area contributed by atoms with Gasteiger partial charge in [0.25, 0.3) is 0 Å². The highest BCUT2D eigenvalue weighted by Crippen LogP contribution is 2.14. The number of hydrogen-bond acceptors (Lipinski definition) is 3. The molecule has 0 aromatic carbocycles. The van der Waals surface area contributed by atoms with Gasteiger partial charge in [-0.05, 0) is 44.9 Å². The number of aliphatic hydroxyl groups excluding tert-OH is 2. The molecule has 0 bridgehead atoms. The molecule has 1 amide bonds. The van der Waals surface area contributed by atoms with Gasteiger partial charge in [0.15, 0.2) is 0 Å². The summed E-state index contributed by atoms with van der Waals surface area (Å²) in [7, 11) is 0. The first-order valence-electron chi connectivity index (χ1n) is 18.7. The van der Waals surface area contributed by atoms with E-state index in [1.165, 1.54) is 116 Å². The van der Waals surface area contributed by atoms with Gasteiger partial charge in [0, 0.05) is 6.42 Å². The fourth-order valence-corrected chi connectivity index (χ4v) is 5.44. The molecule has 2 atom stereocenters. The summed E-state index contributed by atoms with van der Waals surface area (Å²) in [5.41, 5.74) is 0. The lowest BCUT2D eigenvalue weighted by Crippen LogP contribution is -2.45. The monoisotopic (exact) mass is 604 g/mol. The molecule has 2 unspecified atom stereocenters. The lowest BCUT2D eigenvalue weighted by atomic mass is 10.0. The van der Waals surface area contributed by atoms with Crippen molar-refractivity contribution >= 4 is 5.91 Å². The minimum atomic E-state index is -0.863. The van der Waals surface area contributed by atoms with Gasteiger partial charge in [-0.25, -0.2) is 0 Å². The molecule has 0 heterocycles. The normalized spacial score (nSPS) is 13.5. The van der Waals surface area contributed by atoms with E-state index >= 15 is 0 Å². The average Bonchev–Trinajstić information content (AvgIpc) is 3.01. The van der Waals surface area contributed by atoms with E-state index in [2.05, 4.69) is 43.5 Å². The number of unbranched alkanes of at least 4 members (excludes halogenated alkanes) is 22. The van der Waals surface area contributed by atoms with Crippen molar-refractivity contribution in [3.8, 4) is 0 Å². The molecule has 0 aromatic heterocycles. The van der Waals surface area contributed by atoms with Gasteiger partial charge in [-0.3, -0.25) is 4.79 Å². The molecule has 252 valence electrons. The van der Waals surface area contributed by atoms with Crippen LogP contribution in [0.2, 0.25) is 0 Å². The zero-order valence-corrected chi connectivity index (χ0v) is 28.7. The summed E-state index contributed by atoms with van der Waals surface area (Å²) in [5.74, 6) is -0.0974. The molecule has 4 heteroatoms. The largest absolute Gasteiger partial charge is 0.394 e. The lowest BCUT2D eigenvalue weighted by Gasteiger charge is -2.19. The summed E-state index contributed by atoms with van der Waals surface area (Å²) in [6, 6.07) is -0.638. The van der Waals surface area contributed by atoms with Crippen molar-refractivity contribution in [3.05, 3.63) is 36.5 Å². The topological polar surface area (TPSA) is 69.6 Å². The Balaban J connectivity index is 3.51. The molecule has 4 nitrogen and oxygen atoms in total. The molecule has 0 spiro atoms. The van der Waals surface area contributed by atoms with Gasteiger partial charge in [-0.2, -0.15) is 0 Å². The molecule has 0 aliphatic heterocycles. The van der Waals surface area contributed by atoms with Gasteiger partial charge in [-0.15, -0.1) is 0 Å². The first kappa shape index (κ1) is 41.6. The summed E-state index contributed by atoms with van der Waals surface area (Å²) in [4.78, 5) is 12.0. The van der Waals surface area contributed by atoms with E-state index in [-0.39, 0.29) is 12.5 Å². The fraction of sp³-hybridized carbons (Fsp3) is 0.821. The smallest absolute Gasteiger partial charge is 0.220 e. The van der Waals surface area contributed by atoms with Gasteiger partial charge in [-0.1, -0.05) is 172 Å². The van der Waals surface area contributed by atoms with Crippen LogP contribution >= 0.6 is 0 Å². The molecular weight excluding hydrogens is 530 g/mol. The van der Waals surface area contributed by atoms with Gasteiger partial charge in [0.1, 0.15) is 0 Å². The third kappa shape index (κ3) is 31.8. The van der Waals surface area contributed by atoms with E-state index in [0.29, 0.717) is 6.42 Å². The van der Waals surface area contributed by atoms with Crippen LogP contribution in [0.25, 0.3) is 0 Å². The van der Waals surface area contributed by atoms with E-state index in [0.717, 1.165) is 51.4 Å². The highest BCUT2D eigenvalue weighted by Gasteiger charge is 2.17. The molecule has 3 N–H and O–H groups in total. The van der Waals surface area contributed by atoms with E-state index in [1.54, 1.807) is 6.08 Å². The molecule has 0 saturated heterocycles. The fourth-order valence-electron chi connectivity index (χ4n) is 5.44. The van der Waals surface area contributed by atoms with Crippen molar-refractivity contribution in [3.63, 3.8) is 0 Å². The van der Waals surface area contributed by atoms with Gasteiger partial charge in [0.2, 0.25) is 5.91 Å². The van der Waals surface area contributed by atoms with Crippen molar-refractivity contribution in [1.82, 2.24) is 5.32 Å². The van der Waals surface area contributed by atoms with Crippen molar-refractivity contribution < 1.29 is 15.0 Å². The SMILES string of the molecule is CCCCCCCCCCCCCCCCCCC/C=C/CC/C=C/CC/C=C/C(O)C(CO)NC(=O)CCCCCC. The second kappa shape index (κ2) is 35.1. The summed E-state index contributed by atoms with van der Waals surface area (Å²) in [5, 5.41) is 22.6. The van der Waals surface area contributed by atoms with Crippen molar-refractivity contribution in [2.45, 2.75) is 199 Å². The Morgan fingerprint density at radius 1 is 0.535 bits per heavy atom. The minimum absolute atomic E-state index is 0.0974. The average molecular weight is 604 g/mol. The van der Waals surface area contributed by atoms with Gasteiger partial charge >= 0.3 is 0 Å². The highest BCUT2D eigenvalue weighted by atomic mass is 16.3. The van der Waals surface area contributed by atoms with Crippen molar-refractivity contribution in [2.75, 3.05) is 6.61 Å². The van der Waals surface area contributed by atoms with Crippen LogP contribution in [-0.4, -0.2) is 34.9 Å². The van der Waals surface area contributed by atoms with Crippen molar-refractivity contribution in [2.24, 2.45) is 0 Å². The van der Waals surface area contributed by atoms with Crippen LogP contribution in [0.5, 0.6) is 0 Å². The van der Waals surface area contributed by atoms with Crippen LogP contribution in [-0.2, 0) is 4.79 Å². The standard InChI is InChI=1S/C39H73NO3/c1-3-5-7-9-10-11-12-13-14-15-16-17-18-19-20-21-22-23-24-25-26-27-28-29-30-31-32-34-38(42)37(36-41)40-39(43)35-33-8-6-4-2/h24-25,28-29,32,34,37-38,41-42H,3-23,26-27,30-31,33,35-36H2,1-2H3,(H,40,43)/b25-24+,29-28+,34-32+. The molecule has 43 heavy (non-hydrogen) atoms. The summed E-state index contributed by atoms with van der Waals surface area (Å²) >= 11 is 0. The van der Waals surface area contributed by atoms with Crippen LogP contribution in [0, 0.1) is 0 Å². The number of carbonyl (C=O) groups is 1. The first-order valence-corrected chi connectivity index (χ1v) is 18.7. The van der Waals surface area contributed by atoms with E-state index < -0.39 is 12.1 Å². The number of hydrogen-bond donors (Lipinski definition) is 3. The van der Waals surface area contributed by atoms with E-state index in [9.17, 15) is 15.0 Å². The molecule has 0 aromatic rings. The van der Waals surface area contributed by atoms with E-state index in [4.69, 9.17) is 0 Å². The maximum Gasteiger partial charge on any atom is 0.220 e. The minimum Gasteiger partial charge on any atom is -0.394 e. The Labute approximate surface area is 268 Å². The van der Waals surface area contributed by atoms with Crippen molar-refractivity contribution in [1.29, 1.82) is 0 Å². The molecule has 0 rings (SSSR count).